The Bertz CT molecular complexity index is 944. The highest BCUT2D eigenvalue weighted by molar-refractivity contribution is 6.03. The summed E-state index contributed by atoms with van der Waals surface area (Å²) in [6, 6.07) is 10.7. The van der Waals surface area contributed by atoms with Crippen LogP contribution in [0.5, 0.6) is 0 Å². The predicted molar refractivity (Wildman–Crippen MR) is 89.0 cm³/mol. The van der Waals surface area contributed by atoms with Gasteiger partial charge in [0.05, 0.1) is 5.52 Å². The number of carbonyl (C=O) groups is 1. The van der Waals surface area contributed by atoms with Gasteiger partial charge in [-0.15, -0.1) is 0 Å². The molecule has 1 aromatic heterocycles. The minimum Gasteiger partial charge on any atom is -0.351 e. The molecule has 1 N–H and O–H groups in total. The quantitative estimate of drug-likeness (QED) is 0.711. The summed E-state index contributed by atoms with van der Waals surface area (Å²) in [6.45, 7) is 2.65. The molecule has 4 rings (SSSR count). The molecule has 0 saturated heterocycles. The summed E-state index contributed by atoms with van der Waals surface area (Å²) < 4.78 is 29.3. The summed E-state index contributed by atoms with van der Waals surface area (Å²) in [5.74, 6) is -0.871. The molecule has 1 unspecified atom stereocenters. The zero-order valence-corrected chi connectivity index (χ0v) is 13.1. The fourth-order valence-electron chi connectivity index (χ4n) is 3.43. The van der Waals surface area contributed by atoms with Gasteiger partial charge in [-0.2, -0.15) is 0 Å². The Morgan fingerprint density at radius 3 is 2.58 bits per heavy atom. The molecule has 3 nitrogen and oxygen atoms in total. The molecular formula is C19H16F2N2O. The molecule has 0 bridgehead atoms. The smallest absolute Gasteiger partial charge is 0.267 e. The molecule has 1 amide bonds. The number of carbonyl (C=O) groups excluding carboxylic acids is 1. The van der Waals surface area contributed by atoms with Crippen LogP contribution in [0.4, 0.5) is 8.78 Å². The molecule has 2 aromatic carbocycles. The van der Waals surface area contributed by atoms with Gasteiger partial charge in [-0.25, -0.2) is 8.78 Å². The number of hydrogen-bond acceptors (Lipinski definition) is 1. The first-order chi connectivity index (χ1) is 11.5. The normalized spacial score (nSPS) is 17.5. The molecule has 5 heteroatoms. The molecule has 0 radical (unpaired) electrons. The second-order valence-electron chi connectivity index (χ2n) is 6.19. The minimum absolute atomic E-state index is 0.0982. The van der Waals surface area contributed by atoms with Crippen molar-refractivity contribution < 1.29 is 13.6 Å². The summed E-state index contributed by atoms with van der Waals surface area (Å²) in [5.41, 5.74) is 2.72. The van der Waals surface area contributed by atoms with Crippen LogP contribution >= 0.6 is 0 Å². The van der Waals surface area contributed by atoms with Gasteiger partial charge >= 0.3 is 0 Å². The van der Waals surface area contributed by atoms with Gasteiger partial charge in [-0.05, 0) is 49.2 Å². The van der Waals surface area contributed by atoms with Crippen LogP contribution in [0.2, 0.25) is 0 Å². The van der Waals surface area contributed by atoms with Gasteiger partial charge in [0, 0.05) is 23.5 Å². The van der Waals surface area contributed by atoms with Crippen molar-refractivity contribution >= 4 is 16.8 Å². The Kier molecular flexibility index (Phi) is 3.37. The molecule has 2 heterocycles. The van der Waals surface area contributed by atoms with Crippen molar-refractivity contribution in [1.82, 2.24) is 9.88 Å². The first-order valence-electron chi connectivity index (χ1n) is 7.93. The van der Waals surface area contributed by atoms with Crippen molar-refractivity contribution in [3.05, 3.63) is 59.8 Å². The third-order valence-electron chi connectivity index (χ3n) is 4.57. The standard InChI is InChI=1S/C19H16F2N2O/c1-11-6-7-22-19(24)17-9-13-8-15(21)10-16(18(13)23(11)17)12-2-4-14(20)5-3-12/h2-5,8-11H,6-7H2,1H3,(H,22,24). The van der Waals surface area contributed by atoms with Crippen LogP contribution in [0, 0.1) is 11.6 Å². The highest BCUT2D eigenvalue weighted by Crippen LogP contribution is 2.35. The zero-order chi connectivity index (χ0) is 16.8. The molecule has 24 heavy (non-hydrogen) atoms. The van der Waals surface area contributed by atoms with Crippen LogP contribution in [-0.4, -0.2) is 17.0 Å². The van der Waals surface area contributed by atoms with Gasteiger partial charge in [0.25, 0.3) is 5.91 Å². The number of fused-ring (bicyclic) bond motifs is 3. The van der Waals surface area contributed by atoms with Crippen LogP contribution in [0.3, 0.4) is 0 Å². The highest BCUT2D eigenvalue weighted by atomic mass is 19.1. The number of nitrogens with zero attached hydrogens (tertiary/aromatic N) is 1. The number of hydrogen-bond donors (Lipinski definition) is 1. The van der Waals surface area contributed by atoms with E-state index in [4.69, 9.17) is 0 Å². The third-order valence-corrected chi connectivity index (χ3v) is 4.57. The van der Waals surface area contributed by atoms with Crippen LogP contribution in [-0.2, 0) is 0 Å². The Morgan fingerprint density at radius 2 is 1.83 bits per heavy atom. The first kappa shape index (κ1) is 14.9. The predicted octanol–water partition coefficient (Wildman–Crippen LogP) is 4.28. The zero-order valence-electron chi connectivity index (χ0n) is 13.1. The number of rotatable bonds is 1. The Labute approximate surface area is 137 Å². The summed E-state index contributed by atoms with van der Waals surface area (Å²) in [4.78, 5) is 12.3. The SMILES string of the molecule is CC1CCNC(=O)c2cc3cc(F)cc(-c4ccc(F)cc4)c3n21. The van der Waals surface area contributed by atoms with Crippen molar-refractivity contribution in [1.29, 1.82) is 0 Å². The maximum absolute atomic E-state index is 14.1. The van der Waals surface area contributed by atoms with Crippen molar-refractivity contribution in [3.8, 4) is 11.1 Å². The molecule has 1 atom stereocenters. The summed E-state index contributed by atoms with van der Waals surface area (Å²) in [7, 11) is 0. The lowest BCUT2D eigenvalue weighted by atomic mass is 10.0. The minimum atomic E-state index is -0.379. The molecule has 3 aromatic rings. The fraction of sp³-hybridized carbons (Fsp3) is 0.211. The maximum atomic E-state index is 14.1. The molecule has 0 fully saturated rings. The molecule has 122 valence electrons. The van der Waals surface area contributed by atoms with Crippen LogP contribution in [0.15, 0.2) is 42.5 Å². The van der Waals surface area contributed by atoms with E-state index in [1.165, 1.54) is 24.3 Å². The molecule has 1 aliphatic rings. The number of nitrogens with one attached hydrogen (secondary N) is 1. The monoisotopic (exact) mass is 326 g/mol. The van der Waals surface area contributed by atoms with Crippen LogP contribution in [0.25, 0.3) is 22.0 Å². The summed E-state index contributed by atoms with van der Waals surface area (Å²) >= 11 is 0. The van der Waals surface area contributed by atoms with Gasteiger partial charge in [0.2, 0.25) is 0 Å². The van der Waals surface area contributed by atoms with E-state index in [1.54, 1.807) is 18.2 Å². The first-order valence-corrected chi connectivity index (χ1v) is 7.93. The largest absolute Gasteiger partial charge is 0.351 e. The van der Waals surface area contributed by atoms with E-state index in [2.05, 4.69) is 5.32 Å². The Balaban J connectivity index is 2.07. The fourth-order valence-corrected chi connectivity index (χ4v) is 3.43. The van der Waals surface area contributed by atoms with Crippen molar-refractivity contribution in [2.75, 3.05) is 6.54 Å². The van der Waals surface area contributed by atoms with Crippen molar-refractivity contribution in [2.45, 2.75) is 19.4 Å². The number of benzene rings is 2. The molecule has 0 spiro atoms. The third kappa shape index (κ3) is 2.28. The molecular weight excluding hydrogens is 310 g/mol. The van der Waals surface area contributed by atoms with Crippen LogP contribution < -0.4 is 5.32 Å². The van der Waals surface area contributed by atoms with Crippen molar-refractivity contribution in [2.24, 2.45) is 0 Å². The molecule has 1 aliphatic heterocycles. The summed E-state index contributed by atoms with van der Waals surface area (Å²) in [6.07, 6.45) is 0.794. The average Bonchev–Trinajstić information content (AvgIpc) is 2.87. The lowest BCUT2D eigenvalue weighted by Gasteiger charge is -2.17. The number of halogens is 2. The maximum Gasteiger partial charge on any atom is 0.267 e. The number of amides is 1. The van der Waals surface area contributed by atoms with Crippen molar-refractivity contribution in [3.63, 3.8) is 0 Å². The lowest BCUT2D eigenvalue weighted by Crippen LogP contribution is -2.22. The van der Waals surface area contributed by atoms with Crippen LogP contribution in [0.1, 0.15) is 29.9 Å². The van der Waals surface area contributed by atoms with E-state index >= 15 is 0 Å². The van der Waals surface area contributed by atoms with E-state index in [0.29, 0.717) is 23.2 Å². The van der Waals surface area contributed by atoms with E-state index in [9.17, 15) is 13.6 Å². The molecule has 0 aliphatic carbocycles. The Morgan fingerprint density at radius 1 is 1.08 bits per heavy atom. The number of aromatic nitrogens is 1. The topological polar surface area (TPSA) is 34.0 Å². The average molecular weight is 326 g/mol. The van der Waals surface area contributed by atoms with Gasteiger partial charge in [-0.3, -0.25) is 4.79 Å². The van der Waals surface area contributed by atoms with Gasteiger partial charge in [0.1, 0.15) is 17.3 Å². The summed E-state index contributed by atoms with van der Waals surface area (Å²) in [5, 5.41) is 3.54. The second-order valence-corrected chi connectivity index (χ2v) is 6.19. The molecule has 0 saturated carbocycles. The van der Waals surface area contributed by atoms with Gasteiger partial charge < -0.3 is 9.88 Å². The van der Waals surface area contributed by atoms with Gasteiger partial charge in [0.15, 0.2) is 0 Å². The van der Waals surface area contributed by atoms with E-state index in [0.717, 1.165) is 17.5 Å². The second kappa shape index (κ2) is 5.44. The lowest BCUT2D eigenvalue weighted by molar-refractivity contribution is 0.0951. The van der Waals surface area contributed by atoms with E-state index in [-0.39, 0.29) is 23.6 Å². The highest BCUT2D eigenvalue weighted by Gasteiger charge is 2.24. The van der Waals surface area contributed by atoms with E-state index in [1.807, 2.05) is 11.5 Å². The Hall–Kier alpha value is -2.69. The van der Waals surface area contributed by atoms with Gasteiger partial charge in [-0.1, -0.05) is 12.1 Å². The van der Waals surface area contributed by atoms with E-state index < -0.39 is 0 Å².